The van der Waals surface area contributed by atoms with E-state index in [1.807, 2.05) is 20.8 Å². The van der Waals surface area contributed by atoms with Crippen molar-refractivity contribution in [3.8, 4) is 0 Å². The fourth-order valence-electron chi connectivity index (χ4n) is 2.27. The monoisotopic (exact) mass is 315 g/mol. The zero-order valence-corrected chi connectivity index (χ0v) is 12.5. The Morgan fingerprint density at radius 2 is 2.33 bits per heavy atom. The van der Waals surface area contributed by atoms with Gasteiger partial charge in [-0.3, -0.25) is 4.79 Å². The molecule has 4 nitrogen and oxygen atoms in total. The van der Waals surface area contributed by atoms with Crippen molar-refractivity contribution in [2.45, 2.75) is 32.5 Å². The molecule has 0 bridgehead atoms. The second-order valence-corrected chi connectivity index (χ2v) is 5.92. The summed E-state index contributed by atoms with van der Waals surface area (Å²) in [6.07, 6.45) is 1.57. The lowest BCUT2D eigenvalue weighted by molar-refractivity contribution is -0.116. The van der Waals surface area contributed by atoms with Crippen molar-refractivity contribution in [2.75, 3.05) is 18.4 Å². The Kier molecular flexibility index (Phi) is 3.82. The van der Waals surface area contributed by atoms with Crippen molar-refractivity contribution in [1.82, 2.24) is 4.90 Å². The van der Waals surface area contributed by atoms with Crippen LogP contribution < -0.4 is 0 Å². The number of hydrogen-bond acceptors (Lipinski definition) is 3. The summed E-state index contributed by atoms with van der Waals surface area (Å²) in [5.74, 6) is 0.376. The van der Waals surface area contributed by atoms with E-state index in [1.54, 1.807) is 17.2 Å². The average Bonchev–Trinajstić information content (AvgIpc) is 2.72. The highest BCUT2D eigenvalue weighted by Crippen LogP contribution is 2.24. The van der Waals surface area contributed by atoms with Crippen molar-refractivity contribution in [1.29, 1.82) is 0 Å². The molecule has 1 aliphatic rings. The Bertz CT molecular complexity index is 441. The SMILES string of the molecule is Cc1ccoc1C(=O)N1CC(CBr)OC(C)(C)C1. The number of rotatable bonds is 2. The maximum atomic E-state index is 12.4. The Labute approximate surface area is 115 Å². The highest BCUT2D eigenvalue weighted by Gasteiger charge is 2.36. The molecule has 1 unspecified atom stereocenters. The van der Waals surface area contributed by atoms with E-state index in [4.69, 9.17) is 9.15 Å². The van der Waals surface area contributed by atoms with Crippen LogP contribution in [0.5, 0.6) is 0 Å². The minimum atomic E-state index is -0.327. The molecule has 0 aromatic carbocycles. The molecule has 1 fully saturated rings. The van der Waals surface area contributed by atoms with Gasteiger partial charge in [0.15, 0.2) is 5.76 Å². The molecule has 0 saturated carbocycles. The third-order valence-electron chi connectivity index (χ3n) is 3.00. The van der Waals surface area contributed by atoms with Gasteiger partial charge >= 0.3 is 0 Å². The normalized spacial score (nSPS) is 23.1. The Hall–Kier alpha value is -0.810. The molecule has 2 rings (SSSR count). The molecule has 1 aromatic rings. The molecule has 100 valence electrons. The molecule has 1 amide bonds. The van der Waals surface area contributed by atoms with Crippen LogP contribution in [0.25, 0.3) is 0 Å². The van der Waals surface area contributed by atoms with Crippen molar-refractivity contribution < 1.29 is 13.9 Å². The quantitative estimate of drug-likeness (QED) is 0.788. The topological polar surface area (TPSA) is 42.7 Å². The molecule has 1 atom stereocenters. The second-order valence-electron chi connectivity index (χ2n) is 5.27. The van der Waals surface area contributed by atoms with Gasteiger partial charge in [-0.25, -0.2) is 0 Å². The minimum Gasteiger partial charge on any atom is -0.459 e. The van der Waals surface area contributed by atoms with Crippen LogP contribution in [0.4, 0.5) is 0 Å². The van der Waals surface area contributed by atoms with Gasteiger partial charge in [0.2, 0.25) is 0 Å². The van der Waals surface area contributed by atoms with Crippen LogP contribution in [-0.2, 0) is 4.74 Å². The van der Waals surface area contributed by atoms with Gasteiger partial charge in [-0.15, -0.1) is 0 Å². The maximum absolute atomic E-state index is 12.4. The van der Waals surface area contributed by atoms with Crippen molar-refractivity contribution in [3.63, 3.8) is 0 Å². The third-order valence-corrected chi connectivity index (χ3v) is 3.72. The smallest absolute Gasteiger partial charge is 0.290 e. The number of aryl methyl sites for hydroxylation is 1. The van der Waals surface area contributed by atoms with Crippen molar-refractivity contribution in [2.24, 2.45) is 0 Å². The van der Waals surface area contributed by atoms with E-state index in [0.717, 1.165) is 10.9 Å². The Balaban J connectivity index is 2.17. The van der Waals surface area contributed by atoms with E-state index < -0.39 is 0 Å². The minimum absolute atomic E-state index is 0.0213. The third kappa shape index (κ3) is 2.78. The summed E-state index contributed by atoms with van der Waals surface area (Å²) in [5, 5.41) is 0.720. The van der Waals surface area contributed by atoms with E-state index in [2.05, 4.69) is 15.9 Å². The van der Waals surface area contributed by atoms with Crippen LogP contribution in [-0.4, -0.2) is 40.9 Å². The predicted molar refractivity (Wildman–Crippen MR) is 72.1 cm³/mol. The number of nitrogens with zero attached hydrogens (tertiary/aromatic N) is 1. The average molecular weight is 316 g/mol. The first kappa shape index (κ1) is 13.6. The Morgan fingerprint density at radius 1 is 1.61 bits per heavy atom. The van der Waals surface area contributed by atoms with Gasteiger partial charge in [-0.1, -0.05) is 15.9 Å². The molecule has 1 aliphatic heterocycles. The first-order valence-corrected chi connectivity index (χ1v) is 7.12. The summed E-state index contributed by atoms with van der Waals surface area (Å²) in [5.41, 5.74) is 0.548. The lowest BCUT2D eigenvalue weighted by Gasteiger charge is -2.42. The number of halogens is 1. The van der Waals surface area contributed by atoms with E-state index in [1.165, 1.54) is 0 Å². The lowest BCUT2D eigenvalue weighted by atomic mass is 10.0. The summed E-state index contributed by atoms with van der Waals surface area (Å²) in [6.45, 7) is 7.04. The summed E-state index contributed by atoms with van der Waals surface area (Å²) < 4.78 is 11.2. The Morgan fingerprint density at radius 3 is 2.89 bits per heavy atom. The van der Waals surface area contributed by atoms with Crippen LogP contribution in [0.3, 0.4) is 0 Å². The van der Waals surface area contributed by atoms with Crippen LogP contribution in [0.15, 0.2) is 16.7 Å². The summed E-state index contributed by atoms with van der Waals surface area (Å²) >= 11 is 3.42. The first-order chi connectivity index (χ1) is 8.43. The molecular formula is C13H18BrNO3. The van der Waals surface area contributed by atoms with E-state index in [0.29, 0.717) is 18.8 Å². The zero-order chi connectivity index (χ0) is 13.3. The first-order valence-electron chi connectivity index (χ1n) is 6.00. The van der Waals surface area contributed by atoms with Gasteiger partial charge in [0.1, 0.15) is 0 Å². The van der Waals surface area contributed by atoms with Crippen LogP contribution >= 0.6 is 15.9 Å². The number of carbonyl (C=O) groups is 1. The number of carbonyl (C=O) groups excluding carboxylic acids is 1. The largest absolute Gasteiger partial charge is 0.459 e. The van der Waals surface area contributed by atoms with E-state index in [-0.39, 0.29) is 17.6 Å². The van der Waals surface area contributed by atoms with Crippen molar-refractivity contribution in [3.05, 3.63) is 23.7 Å². The fraction of sp³-hybridized carbons (Fsp3) is 0.615. The fourth-order valence-corrected chi connectivity index (χ4v) is 2.60. The predicted octanol–water partition coefficient (Wildman–Crippen LogP) is 2.60. The van der Waals surface area contributed by atoms with Crippen LogP contribution in [0.2, 0.25) is 0 Å². The summed E-state index contributed by atoms with van der Waals surface area (Å²) in [4.78, 5) is 14.2. The molecule has 18 heavy (non-hydrogen) atoms. The molecule has 0 radical (unpaired) electrons. The number of morpholine rings is 1. The molecular weight excluding hydrogens is 298 g/mol. The van der Waals surface area contributed by atoms with Gasteiger partial charge in [0.25, 0.3) is 5.91 Å². The highest BCUT2D eigenvalue weighted by atomic mass is 79.9. The number of amides is 1. The van der Waals surface area contributed by atoms with Gasteiger partial charge in [-0.2, -0.15) is 0 Å². The standard InChI is InChI=1S/C13H18BrNO3/c1-9-4-5-17-11(9)12(16)15-7-10(6-14)18-13(2,3)8-15/h4-5,10H,6-8H2,1-3H3. The molecule has 0 aliphatic carbocycles. The van der Waals surface area contributed by atoms with Crippen molar-refractivity contribution >= 4 is 21.8 Å². The van der Waals surface area contributed by atoms with Gasteiger partial charge < -0.3 is 14.1 Å². The number of ether oxygens (including phenoxy) is 1. The number of alkyl halides is 1. The molecule has 0 spiro atoms. The summed E-state index contributed by atoms with van der Waals surface area (Å²) in [6, 6.07) is 1.81. The van der Waals surface area contributed by atoms with Gasteiger partial charge in [0, 0.05) is 24.0 Å². The molecule has 0 N–H and O–H groups in total. The lowest BCUT2D eigenvalue weighted by Crippen LogP contribution is -2.55. The molecule has 1 aromatic heterocycles. The number of furan rings is 1. The summed E-state index contributed by atoms with van der Waals surface area (Å²) in [7, 11) is 0. The van der Waals surface area contributed by atoms with E-state index >= 15 is 0 Å². The van der Waals surface area contributed by atoms with Gasteiger partial charge in [0.05, 0.1) is 18.0 Å². The molecule has 1 saturated heterocycles. The zero-order valence-electron chi connectivity index (χ0n) is 10.9. The second kappa shape index (κ2) is 5.05. The van der Waals surface area contributed by atoms with Gasteiger partial charge in [-0.05, 0) is 26.8 Å². The van der Waals surface area contributed by atoms with E-state index in [9.17, 15) is 4.79 Å². The highest BCUT2D eigenvalue weighted by molar-refractivity contribution is 9.09. The van der Waals surface area contributed by atoms with Crippen LogP contribution in [0.1, 0.15) is 30.0 Å². The number of hydrogen-bond donors (Lipinski definition) is 0. The molecule has 2 heterocycles. The molecule has 5 heteroatoms. The van der Waals surface area contributed by atoms with Crippen LogP contribution in [0, 0.1) is 6.92 Å². The maximum Gasteiger partial charge on any atom is 0.290 e.